The van der Waals surface area contributed by atoms with Crippen molar-refractivity contribution < 1.29 is 90.6 Å². The van der Waals surface area contributed by atoms with Crippen LogP contribution in [0.2, 0.25) is 0 Å². The van der Waals surface area contributed by atoms with Gasteiger partial charge in [0.2, 0.25) is 0 Å². The van der Waals surface area contributed by atoms with E-state index in [1.54, 1.807) is 0 Å². The molecule has 0 aromatic carbocycles. The van der Waals surface area contributed by atoms with Crippen LogP contribution in [0.25, 0.3) is 0 Å². The topological polar surface area (TPSA) is 0 Å². The molecular weight excluding hydrogens is 384 g/mol. The van der Waals surface area contributed by atoms with Crippen molar-refractivity contribution in [3.05, 3.63) is 0 Å². The van der Waals surface area contributed by atoms with Gasteiger partial charge in [0.15, 0.2) is 17.4 Å². The molecule has 0 amide bonds. The molecule has 0 radical (unpaired) electrons. The first-order valence-electron chi connectivity index (χ1n) is 0. The van der Waals surface area contributed by atoms with Crippen LogP contribution in [-0.4, -0.2) is 55.1 Å². The summed E-state index contributed by atoms with van der Waals surface area (Å²) in [4.78, 5) is 0. The molecular formula is H5AlCaNdYb. The third-order valence-corrected chi connectivity index (χ3v) is 0. The molecule has 0 aromatic heterocycles. The van der Waals surface area contributed by atoms with Crippen molar-refractivity contribution in [2.24, 2.45) is 0 Å². The third-order valence-electron chi connectivity index (χ3n) is 0. The van der Waals surface area contributed by atoms with Crippen LogP contribution < -0.4 is 0 Å². The van der Waals surface area contributed by atoms with Gasteiger partial charge in [-0.1, -0.05) is 0 Å². The molecule has 28 valence electrons. The summed E-state index contributed by atoms with van der Waals surface area (Å²) in [6.07, 6.45) is 0. The van der Waals surface area contributed by atoms with E-state index in [1.807, 2.05) is 0 Å². The summed E-state index contributed by atoms with van der Waals surface area (Å²) in [7, 11) is 0. The molecule has 0 unspecified atom stereocenters. The van der Waals surface area contributed by atoms with Gasteiger partial charge >= 0.3 is 37.7 Å². The fourth-order valence-corrected chi connectivity index (χ4v) is 0. The minimum absolute atomic E-state index is 0. The Bertz CT molecular complexity index is 13.5. The molecule has 4 heteroatoms. The molecule has 0 heterocycles. The first-order valence-corrected chi connectivity index (χ1v) is 0. The number of hydrogen-bond acceptors (Lipinski definition) is 0. The minimum atomic E-state index is 0. The maximum atomic E-state index is 0. The van der Waals surface area contributed by atoms with Crippen molar-refractivity contribution in [2.75, 3.05) is 0 Å². The summed E-state index contributed by atoms with van der Waals surface area (Å²) in [6, 6.07) is 0. The Balaban J connectivity index is 0. The minimum Gasteiger partial charge on any atom is -1.00 e. The molecule has 0 spiro atoms. The second-order valence-corrected chi connectivity index (χ2v) is 0. The average molecular weight is 389 g/mol. The van der Waals surface area contributed by atoms with E-state index in [4.69, 9.17) is 0 Å². The molecule has 0 rings (SSSR count). The molecule has 0 aromatic rings. The van der Waals surface area contributed by atoms with Crippen LogP contribution in [0, 0.1) is 87.8 Å². The van der Waals surface area contributed by atoms with Crippen molar-refractivity contribution in [3.63, 3.8) is 0 Å². The predicted octanol–water partition coefficient (Wildman–Crippen LogP) is -1.34. The van der Waals surface area contributed by atoms with Gasteiger partial charge in [0.25, 0.3) is 0 Å². The molecule has 0 saturated heterocycles. The van der Waals surface area contributed by atoms with Crippen LogP contribution in [0.5, 0.6) is 0 Å². The summed E-state index contributed by atoms with van der Waals surface area (Å²) in [5.41, 5.74) is 0. The van der Waals surface area contributed by atoms with Crippen molar-refractivity contribution in [3.8, 4) is 0 Å². The van der Waals surface area contributed by atoms with Gasteiger partial charge < -0.3 is 2.85 Å². The van der Waals surface area contributed by atoms with Crippen LogP contribution in [-0.2, 0) is 0 Å². The number of hydrogen-bond donors (Lipinski definition) is 0. The largest absolute Gasteiger partial charge is 2.00 e. The fraction of sp³-hybridized carbons (Fsp3) is 0. The van der Waals surface area contributed by atoms with E-state index in [9.17, 15) is 0 Å². The van der Waals surface area contributed by atoms with Crippen LogP contribution in [0.4, 0.5) is 0 Å². The monoisotopic (exact) mass is 388 g/mol. The number of rotatable bonds is 0. The second-order valence-electron chi connectivity index (χ2n) is 0. The Labute approximate surface area is 141 Å². The standard InChI is InChI=1S/Al.Ca.Nd.Yb.5H/q;+2;;;;;;2*-1. The summed E-state index contributed by atoms with van der Waals surface area (Å²) in [6.45, 7) is 0. The van der Waals surface area contributed by atoms with Crippen molar-refractivity contribution in [2.45, 2.75) is 0 Å². The van der Waals surface area contributed by atoms with E-state index < -0.39 is 0 Å². The van der Waals surface area contributed by atoms with Crippen LogP contribution in [0.1, 0.15) is 2.85 Å². The zero-order valence-electron chi connectivity index (χ0n) is 3.47. The molecule has 0 nitrogen and oxygen atoms in total. The Hall–Kier alpha value is 4.66. The normalized spacial score (nSPS) is 0. The van der Waals surface area contributed by atoms with E-state index in [0.717, 1.165) is 0 Å². The summed E-state index contributed by atoms with van der Waals surface area (Å²) >= 11 is 0. The first kappa shape index (κ1) is 23.4. The zero-order chi connectivity index (χ0) is 0. The van der Waals surface area contributed by atoms with E-state index in [-0.39, 0.29) is 146 Å². The van der Waals surface area contributed by atoms with Crippen LogP contribution >= 0.6 is 0 Å². The maximum Gasteiger partial charge on any atom is 2.00 e. The van der Waals surface area contributed by atoms with E-state index in [2.05, 4.69) is 0 Å². The summed E-state index contributed by atoms with van der Waals surface area (Å²) in [5.74, 6) is 0. The molecule has 0 aliphatic carbocycles. The molecule has 0 fully saturated rings. The van der Waals surface area contributed by atoms with E-state index >= 15 is 0 Å². The third kappa shape index (κ3) is 9.83. The zero-order valence-corrected chi connectivity index (χ0v) is 8.61. The van der Waals surface area contributed by atoms with Crippen LogP contribution in [0.3, 0.4) is 0 Å². The Morgan fingerprint density at radius 1 is 1.25 bits per heavy atom. The summed E-state index contributed by atoms with van der Waals surface area (Å²) < 4.78 is 0. The van der Waals surface area contributed by atoms with Gasteiger partial charge in [0.05, 0.1) is 0 Å². The Morgan fingerprint density at radius 3 is 1.25 bits per heavy atom. The van der Waals surface area contributed by atoms with E-state index in [1.165, 1.54) is 0 Å². The molecule has 4 heavy (non-hydrogen) atoms. The quantitative estimate of drug-likeness (QED) is 0.450. The van der Waals surface area contributed by atoms with Crippen molar-refractivity contribution in [1.29, 1.82) is 0 Å². The average Bonchev–Trinajstić information content (AvgIpc) is 0. The maximum absolute atomic E-state index is 0. The molecule has 0 bridgehead atoms. The molecule has 0 atom stereocenters. The smallest absolute Gasteiger partial charge is 1.00 e. The van der Waals surface area contributed by atoms with Crippen molar-refractivity contribution >= 4 is 55.1 Å². The predicted molar refractivity (Wildman–Crippen MR) is 17.9 cm³/mol. The van der Waals surface area contributed by atoms with E-state index in [0.29, 0.717) is 0 Å². The van der Waals surface area contributed by atoms with Gasteiger partial charge in [-0.3, -0.25) is 0 Å². The second kappa shape index (κ2) is 15.6. The van der Waals surface area contributed by atoms with Gasteiger partial charge in [-0.25, -0.2) is 0 Å². The van der Waals surface area contributed by atoms with Gasteiger partial charge in [-0.05, 0) is 0 Å². The Morgan fingerprint density at radius 2 is 1.25 bits per heavy atom. The van der Waals surface area contributed by atoms with Crippen LogP contribution in [0.15, 0.2) is 0 Å². The molecule has 0 saturated carbocycles. The molecule has 0 N–H and O–H groups in total. The molecule has 0 aliphatic rings. The first-order chi connectivity index (χ1) is 0. The molecule has 0 aliphatic heterocycles. The Kier molecular flexibility index (Phi) is 91.5. The van der Waals surface area contributed by atoms with Gasteiger partial charge in [-0.15, -0.1) is 0 Å². The van der Waals surface area contributed by atoms with Gasteiger partial charge in [0, 0.05) is 87.8 Å². The van der Waals surface area contributed by atoms with Crippen molar-refractivity contribution in [1.82, 2.24) is 0 Å². The SMILES string of the molecule is [AlH3].[Ca+2].[H-].[H-].[Nd].[Yb]. The summed E-state index contributed by atoms with van der Waals surface area (Å²) in [5, 5.41) is 0. The van der Waals surface area contributed by atoms with Gasteiger partial charge in [0.1, 0.15) is 0 Å². The van der Waals surface area contributed by atoms with Gasteiger partial charge in [-0.2, -0.15) is 0 Å². The fourth-order valence-electron chi connectivity index (χ4n) is 0.